The van der Waals surface area contributed by atoms with E-state index in [-0.39, 0.29) is 31.1 Å². The Balaban J connectivity index is 4.25. The van der Waals surface area contributed by atoms with Crippen molar-refractivity contribution in [3.63, 3.8) is 0 Å². The van der Waals surface area contributed by atoms with Crippen molar-refractivity contribution in [3.05, 3.63) is 0 Å². The van der Waals surface area contributed by atoms with Gasteiger partial charge in [-0.1, -0.05) is 247 Å². The van der Waals surface area contributed by atoms with Crippen LogP contribution in [-0.4, -0.2) is 37.2 Å². The van der Waals surface area contributed by atoms with Crippen LogP contribution in [0.2, 0.25) is 0 Å². The zero-order valence-electron chi connectivity index (χ0n) is 39.7. The lowest BCUT2D eigenvalue weighted by Crippen LogP contribution is -2.30. The van der Waals surface area contributed by atoms with E-state index in [0.29, 0.717) is 19.3 Å². The van der Waals surface area contributed by atoms with Gasteiger partial charge in [0.1, 0.15) is 13.2 Å². The van der Waals surface area contributed by atoms with Crippen LogP contribution in [0.5, 0.6) is 0 Å². The topological polar surface area (TPSA) is 78.9 Å². The monoisotopic (exact) mass is 821 g/mol. The summed E-state index contributed by atoms with van der Waals surface area (Å²) in [6, 6.07) is 0. The van der Waals surface area contributed by atoms with E-state index < -0.39 is 6.10 Å². The van der Waals surface area contributed by atoms with E-state index in [2.05, 4.69) is 34.6 Å². The molecule has 2 atom stereocenters. The van der Waals surface area contributed by atoms with Crippen LogP contribution in [0.3, 0.4) is 0 Å². The van der Waals surface area contributed by atoms with Gasteiger partial charge in [0.05, 0.1) is 0 Å². The number of ether oxygens (including phenoxy) is 3. The third kappa shape index (κ3) is 44.0. The second-order valence-electron chi connectivity index (χ2n) is 18.5. The van der Waals surface area contributed by atoms with Gasteiger partial charge in [0, 0.05) is 19.3 Å². The van der Waals surface area contributed by atoms with E-state index in [1.165, 1.54) is 173 Å². The van der Waals surface area contributed by atoms with Crippen molar-refractivity contribution in [2.75, 3.05) is 13.2 Å². The molecule has 0 aliphatic carbocycles. The van der Waals surface area contributed by atoms with Gasteiger partial charge in [-0.25, -0.2) is 0 Å². The normalized spacial score (nSPS) is 12.5. The van der Waals surface area contributed by atoms with E-state index in [1.54, 1.807) is 0 Å². The first kappa shape index (κ1) is 56.4. The molecule has 1 unspecified atom stereocenters. The average Bonchev–Trinajstić information content (AvgIpc) is 3.21. The van der Waals surface area contributed by atoms with Gasteiger partial charge in [0.2, 0.25) is 0 Å². The molecule has 0 heterocycles. The number of hydrogen-bond acceptors (Lipinski definition) is 6. The van der Waals surface area contributed by atoms with Crippen LogP contribution in [0.1, 0.15) is 285 Å². The second-order valence-corrected chi connectivity index (χ2v) is 18.5. The van der Waals surface area contributed by atoms with E-state index >= 15 is 0 Å². The lowest BCUT2D eigenvalue weighted by Gasteiger charge is -2.18. The minimum atomic E-state index is -0.762. The van der Waals surface area contributed by atoms with E-state index in [4.69, 9.17) is 14.2 Å². The third-order valence-electron chi connectivity index (χ3n) is 12.1. The number of hydrogen-bond donors (Lipinski definition) is 0. The number of carbonyl (C=O) groups excluding carboxylic acids is 3. The molecule has 0 aromatic carbocycles. The van der Waals surface area contributed by atoms with E-state index in [0.717, 1.165) is 69.6 Å². The summed E-state index contributed by atoms with van der Waals surface area (Å²) in [7, 11) is 0. The fourth-order valence-corrected chi connectivity index (χ4v) is 7.78. The Morgan fingerprint density at radius 3 is 0.983 bits per heavy atom. The maximum Gasteiger partial charge on any atom is 0.306 e. The maximum atomic E-state index is 12.7. The largest absolute Gasteiger partial charge is 0.462 e. The minimum Gasteiger partial charge on any atom is -0.462 e. The zero-order valence-corrected chi connectivity index (χ0v) is 39.7. The highest BCUT2D eigenvalue weighted by Gasteiger charge is 2.19. The van der Waals surface area contributed by atoms with Crippen LogP contribution in [-0.2, 0) is 28.6 Å². The first-order chi connectivity index (χ1) is 28.3. The minimum absolute atomic E-state index is 0.0648. The summed E-state index contributed by atoms with van der Waals surface area (Å²) in [5.41, 5.74) is 0. The number of carbonyl (C=O) groups is 3. The quantitative estimate of drug-likeness (QED) is 0.0346. The molecule has 0 saturated heterocycles. The molecule has 0 amide bonds. The molecule has 6 heteroatoms. The number of esters is 3. The van der Waals surface area contributed by atoms with Crippen LogP contribution in [0.15, 0.2) is 0 Å². The molecule has 0 aliphatic heterocycles. The van der Waals surface area contributed by atoms with Crippen LogP contribution in [0.25, 0.3) is 0 Å². The summed E-state index contributed by atoms with van der Waals surface area (Å²) in [5, 5.41) is 0. The van der Waals surface area contributed by atoms with Gasteiger partial charge in [0.25, 0.3) is 0 Å². The highest BCUT2D eigenvalue weighted by Crippen LogP contribution is 2.18. The van der Waals surface area contributed by atoms with Gasteiger partial charge < -0.3 is 14.2 Å². The zero-order chi connectivity index (χ0) is 42.6. The molecular weight excluding hydrogens is 721 g/mol. The fraction of sp³-hybridized carbons (Fsp3) is 0.942. The Kier molecular flexibility index (Phi) is 43.7. The van der Waals surface area contributed by atoms with Gasteiger partial charge in [-0.05, 0) is 31.1 Å². The number of rotatable bonds is 46. The average molecular weight is 821 g/mol. The van der Waals surface area contributed by atoms with Crippen LogP contribution >= 0.6 is 0 Å². The Labute approximate surface area is 361 Å². The SMILES string of the molecule is CCCCCCCCCCCCCCCCCCCCC(=O)OC[C@@H](COC(=O)CCCCCCCCCCC(C)CC)OC(=O)CCCCCCCCCC(C)C. The lowest BCUT2D eigenvalue weighted by atomic mass is 9.99. The second kappa shape index (κ2) is 44.9. The van der Waals surface area contributed by atoms with Crippen molar-refractivity contribution >= 4 is 17.9 Å². The third-order valence-corrected chi connectivity index (χ3v) is 12.1. The van der Waals surface area contributed by atoms with Crippen molar-refractivity contribution in [2.24, 2.45) is 11.8 Å². The van der Waals surface area contributed by atoms with E-state index in [1.807, 2.05) is 0 Å². The predicted molar refractivity (Wildman–Crippen MR) is 247 cm³/mol. The molecule has 0 rings (SSSR count). The number of unbranched alkanes of at least 4 members (excludes halogenated alkanes) is 30. The van der Waals surface area contributed by atoms with Crippen LogP contribution in [0, 0.1) is 11.8 Å². The molecule has 0 aliphatic rings. The lowest BCUT2D eigenvalue weighted by molar-refractivity contribution is -0.167. The van der Waals surface area contributed by atoms with Crippen LogP contribution in [0.4, 0.5) is 0 Å². The molecule has 0 spiro atoms. The smallest absolute Gasteiger partial charge is 0.306 e. The first-order valence-corrected chi connectivity index (χ1v) is 25.8. The van der Waals surface area contributed by atoms with Crippen molar-refractivity contribution < 1.29 is 28.6 Å². The molecular formula is C52H100O6. The summed E-state index contributed by atoms with van der Waals surface area (Å²) in [5.74, 6) is 0.771. The Morgan fingerprint density at radius 2 is 0.655 bits per heavy atom. The first-order valence-electron chi connectivity index (χ1n) is 25.8. The standard InChI is InChI=1S/C52H100O6/c1-6-8-9-10-11-12-13-14-15-16-17-18-19-20-21-27-32-37-42-50(53)56-45-49(58-52(55)44-39-34-29-24-25-30-35-40-47(3)4)46-57-51(54)43-38-33-28-23-22-26-31-36-41-48(5)7-2/h47-49H,6-46H2,1-5H3/t48?,49-/m0/s1. The molecule has 0 aromatic heterocycles. The summed E-state index contributed by atoms with van der Waals surface area (Å²) in [6.45, 7) is 11.3. The molecule has 0 fully saturated rings. The molecule has 0 radical (unpaired) electrons. The maximum absolute atomic E-state index is 12.7. The Morgan fingerprint density at radius 1 is 0.362 bits per heavy atom. The van der Waals surface area contributed by atoms with Crippen molar-refractivity contribution in [1.82, 2.24) is 0 Å². The van der Waals surface area contributed by atoms with Gasteiger partial charge in [-0.3, -0.25) is 14.4 Å². The van der Waals surface area contributed by atoms with Gasteiger partial charge in [0.15, 0.2) is 6.10 Å². The van der Waals surface area contributed by atoms with Gasteiger partial charge in [-0.15, -0.1) is 0 Å². The van der Waals surface area contributed by atoms with Crippen molar-refractivity contribution in [1.29, 1.82) is 0 Å². The van der Waals surface area contributed by atoms with Gasteiger partial charge in [-0.2, -0.15) is 0 Å². The van der Waals surface area contributed by atoms with Gasteiger partial charge >= 0.3 is 17.9 Å². The fourth-order valence-electron chi connectivity index (χ4n) is 7.78. The predicted octanol–water partition coefficient (Wildman–Crippen LogP) is 16.5. The molecule has 344 valence electrons. The Hall–Kier alpha value is -1.59. The Bertz CT molecular complexity index is 887. The van der Waals surface area contributed by atoms with Crippen molar-refractivity contribution in [3.8, 4) is 0 Å². The summed E-state index contributed by atoms with van der Waals surface area (Å²) < 4.78 is 16.8. The molecule has 0 bridgehead atoms. The van der Waals surface area contributed by atoms with Crippen LogP contribution < -0.4 is 0 Å². The van der Waals surface area contributed by atoms with Crippen molar-refractivity contribution in [2.45, 2.75) is 291 Å². The molecule has 0 aromatic rings. The molecule has 0 N–H and O–H groups in total. The van der Waals surface area contributed by atoms with E-state index in [9.17, 15) is 14.4 Å². The highest BCUT2D eigenvalue weighted by molar-refractivity contribution is 5.71. The highest BCUT2D eigenvalue weighted by atomic mass is 16.6. The molecule has 0 saturated carbocycles. The molecule has 58 heavy (non-hydrogen) atoms. The summed E-state index contributed by atoms with van der Waals surface area (Å²) >= 11 is 0. The molecule has 6 nitrogen and oxygen atoms in total. The summed E-state index contributed by atoms with van der Waals surface area (Å²) in [4.78, 5) is 37.9. The summed E-state index contributed by atoms with van der Waals surface area (Å²) in [6.07, 6.45) is 45.3.